The van der Waals surface area contributed by atoms with Crippen molar-refractivity contribution in [2.24, 2.45) is 5.92 Å². The van der Waals surface area contributed by atoms with Gasteiger partial charge in [-0.25, -0.2) is 4.79 Å². The predicted octanol–water partition coefficient (Wildman–Crippen LogP) is 5.15. The number of allylic oxidation sites excluding steroid dienone is 1. The van der Waals surface area contributed by atoms with Crippen LogP contribution in [0.2, 0.25) is 0 Å². The minimum Gasteiger partial charge on any atom is -0.497 e. The standard InChI is InChI=1S/C25H23N3O4S/c1-3-32-18-9-11-22-19(13-18)23(16-5-7-17(31-2)8-6-16)24(25(29)30)28(22)14-15-4-10-20-21(12-15)27-33-26-20/h4-11,13,15H,3,12,14H2,1-2H3,(H,29,30). The second-order valence-electron chi connectivity index (χ2n) is 7.90. The number of aromatic carboxylic acids is 1. The summed E-state index contributed by atoms with van der Waals surface area (Å²) in [7, 11) is 1.61. The average Bonchev–Trinajstić information content (AvgIpc) is 3.41. The summed E-state index contributed by atoms with van der Waals surface area (Å²) in [6, 6.07) is 13.2. The maximum absolute atomic E-state index is 12.6. The second-order valence-corrected chi connectivity index (χ2v) is 8.43. The molecule has 2 aromatic carbocycles. The summed E-state index contributed by atoms with van der Waals surface area (Å²) in [4.78, 5) is 12.6. The Bertz CT molecular complexity index is 1350. The van der Waals surface area contributed by atoms with Crippen LogP contribution in [0.5, 0.6) is 11.5 Å². The van der Waals surface area contributed by atoms with E-state index in [9.17, 15) is 9.90 Å². The van der Waals surface area contributed by atoms with Crippen LogP contribution in [0.3, 0.4) is 0 Å². The monoisotopic (exact) mass is 461 g/mol. The Balaban J connectivity index is 1.67. The number of carboxylic acids is 1. The number of hydrogen-bond acceptors (Lipinski definition) is 6. The third kappa shape index (κ3) is 3.87. The van der Waals surface area contributed by atoms with Gasteiger partial charge in [-0.1, -0.05) is 18.2 Å². The minimum atomic E-state index is -0.967. The SMILES string of the molecule is CCOc1ccc2c(c1)c(-c1ccc(OC)cc1)c(C(=O)O)n2CC1C=Cc2nsnc2C1. The van der Waals surface area contributed by atoms with Crippen molar-refractivity contribution in [2.45, 2.75) is 19.9 Å². The molecule has 0 saturated carbocycles. The van der Waals surface area contributed by atoms with Crippen molar-refractivity contribution in [1.82, 2.24) is 13.3 Å². The van der Waals surface area contributed by atoms with Crippen LogP contribution in [0.4, 0.5) is 0 Å². The highest BCUT2D eigenvalue weighted by Crippen LogP contribution is 2.39. The molecule has 1 atom stereocenters. The van der Waals surface area contributed by atoms with E-state index in [4.69, 9.17) is 9.47 Å². The fourth-order valence-corrected chi connectivity index (χ4v) is 5.00. The van der Waals surface area contributed by atoms with E-state index in [1.807, 2.05) is 60.0 Å². The third-order valence-corrected chi connectivity index (χ3v) is 6.49. The largest absolute Gasteiger partial charge is 0.497 e. The van der Waals surface area contributed by atoms with Gasteiger partial charge < -0.3 is 19.1 Å². The molecule has 0 aliphatic heterocycles. The predicted molar refractivity (Wildman–Crippen MR) is 128 cm³/mol. The molecule has 5 rings (SSSR count). The van der Waals surface area contributed by atoms with Gasteiger partial charge in [0, 0.05) is 35.3 Å². The lowest BCUT2D eigenvalue weighted by molar-refractivity contribution is 0.0686. The summed E-state index contributed by atoms with van der Waals surface area (Å²) in [6.45, 7) is 2.99. The van der Waals surface area contributed by atoms with Gasteiger partial charge >= 0.3 is 5.97 Å². The molecule has 1 N–H and O–H groups in total. The van der Waals surface area contributed by atoms with Gasteiger partial charge in [-0.05, 0) is 48.9 Å². The minimum absolute atomic E-state index is 0.116. The van der Waals surface area contributed by atoms with Crippen molar-refractivity contribution < 1.29 is 19.4 Å². The Labute approximate surface area is 195 Å². The van der Waals surface area contributed by atoms with Crippen LogP contribution in [0.1, 0.15) is 28.8 Å². The van der Waals surface area contributed by atoms with Gasteiger partial charge in [-0.2, -0.15) is 8.75 Å². The molecule has 1 aliphatic rings. The van der Waals surface area contributed by atoms with Gasteiger partial charge in [0.2, 0.25) is 0 Å². The first-order valence-corrected chi connectivity index (χ1v) is 11.5. The molecule has 0 amide bonds. The lowest BCUT2D eigenvalue weighted by Crippen LogP contribution is -2.18. The molecule has 0 bridgehead atoms. The van der Waals surface area contributed by atoms with Crippen molar-refractivity contribution >= 4 is 34.7 Å². The van der Waals surface area contributed by atoms with Crippen molar-refractivity contribution in [2.75, 3.05) is 13.7 Å². The lowest BCUT2D eigenvalue weighted by Gasteiger charge is -2.18. The zero-order chi connectivity index (χ0) is 22.9. The van der Waals surface area contributed by atoms with E-state index in [0.717, 1.165) is 40.0 Å². The Kier molecular flexibility index (Phi) is 5.60. The van der Waals surface area contributed by atoms with Gasteiger partial charge in [0.05, 0.1) is 36.8 Å². The smallest absolute Gasteiger partial charge is 0.353 e. The zero-order valence-electron chi connectivity index (χ0n) is 18.3. The summed E-state index contributed by atoms with van der Waals surface area (Å²) in [5.74, 6) is 0.579. The quantitative estimate of drug-likeness (QED) is 0.410. The number of rotatable bonds is 7. The number of carboxylic acid groups (broad SMARTS) is 1. The number of methoxy groups -OCH3 is 1. The molecule has 0 radical (unpaired) electrons. The highest BCUT2D eigenvalue weighted by Gasteiger charge is 2.27. The van der Waals surface area contributed by atoms with E-state index >= 15 is 0 Å². The molecule has 2 aromatic heterocycles. The highest BCUT2D eigenvalue weighted by molar-refractivity contribution is 6.99. The zero-order valence-corrected chi connectivity index (χ0v) is 19.1. The van der Waals surface area contributed by atoms with Gasteiger partial charge in [0.1, 0.15) is 17.2 Å². The molecule has 33 heavy (non-hydrogen) atoms. The summed E-state index contributed by atoms with van der Waals surface area (Å²) in [5.41, 5.74) is 4.49. The Morgan fingerprint density at radius 2 is 1.97 bits per heavy atom. The molecule has 2 heterocycles. The number of ether oxygens (including phenoxy) is 2. The topological polar surface area (TPSA) is 86.5 Å². The van der Waals surface area contributed by atoms with Crippen molar-refractivity contribution in [3.8, 4) is 22.6 Å². The molecule has 1 unspecified atom stereocenters. The molecular formula is C25H23N3O4S. The number of benzene rings is 2. The van der Waals surface area contributed by atoms with E-state index in [1.54, 1.807) is 7.11 Å². The maximum atomic E-state index is 12.6. The van der Waals surface area contributed by atoms with E-state index in [1.165, 1.54) is 11.7 Å². The number of nitrogens with zero attached hydrogens (tertiary/aromatic N) is 3. The summed E-state index contributed by atoms with van der Waals surface area (Å²) in [6.07, 6.45) is 4.81. The van der Waals surface area contributed by atoms with E-state index in [2.05, 4.69) is 14.8 Å². The van der Waals surface area contributed by atoms with Crippen molar-refractivity contribution in [3.05, 3.63) is 65.6 Å². The van der Waals surface area contributed by atoms with Crippen LogP contribution in [0, 0.1) is 5.92 Å². The lowest BCUT2D eigenvalue weighted by atomic mass is 9.96. The average molecular weight is 462 g/mol. The molecule has 8 heteroatoms. The van der Waals surface area contributed by atoms with Crippen LogP contribution in [0.25, 0.3) is 28.1 Å². The first kappa shape index (κ1) is 21.2. The first-order chi connectivity index (χ1) is 16.1. The summed E-state index contributed by atoms with van der Waals surface area (Å²) in [5, 5.41) is 11.2. The third-order valence-electron chi connectivity index (χ3n) is 5.91. The van der Waals surface area contributed by atoms with Crippen LogP contribution >= 0.6 is 11.7 Å². The number of carbonyl (C=O) groups is 1. The summed E-state index contributed by atoms with van der Waals surface area (Å²) >= 11 is 1.21. The van der Waals surface area contributed by atoms with E-state index in [0.29, 0.717) is 24.5 Å². The number of hydrogen-bond donors (Lipinski definition) is 1. The van der Waals surface area contributed by atoms with Crippen molar-refractivity contribution in [3.63, 3.8) is 0 Å². The molecule has 0 spiro atoms. The normalized spacial score (nSPS) is 14.9. The van der Waals surface area contributed by atoms with E-state index < -0.39 is 5.97 Å². The van der Waals surface area contributed by atoms with Gasteiger partial charge in [0.15, 0.2) is 0 Å². The van der Waals surface area contributed by atoms with Crippen LogP contribution in [0.15, 0.2) is 48.5 Å². The Morgan fingerprint density at radius 1 is 1.18 bits per heavy atom. The van der Waals surface area contributed by atoms with Gasteiger partial charge in [-0.3, -0.25) is 0 Å². The molecule has 0 saturated heterocycles. The fourth-order valence-electron chi connectivity index (χ4n) is 4.44. The second kappa shape index (κ2) is 8.71. The number of fused-ring (bicyclic) bond motifs is 2. The first-order valence-electron chi connectivity index (χ1n) is 10.8. The highest BCUT2D eigenvalue weighted by atomic mass is 32.1. The molecular weight excluding hydrogens is 438 g/mol. The molecule has 7 nitrogen and oxygen atoms in total. The summed E-state index contributed by atoms with van der Waals surface area (Å²) < 4.78 is 21.6. The maximum Gasteiger partial charge on any atom is 0.353 e. The molecule has 1 aliphatic carbocycles. The number of aromatic nitrogens is 3. The van der Waals surface area contributed by atoms with Crippen LogP contribution in [-0.4, -0.2) is 38.1 Å². The Hall–Kier alpha value is -3.65. The fraction of sp³-hybridized carbons (Fsp3) is 0.240. The molecule has 4 aromatic rings. The van der Waals surface area contributed by atoms with Gasteiger partial charge in [0.25, 0.3) is 0 Å². The van der Waals surface area contributed by atoms with Crippen LogP contribution < -0.4 is 9.47 Å². The molecule has 168 valence electrons. The van der Waals surface area contributed by atoms with Crippen molar-refractivity contribution in [1.29, 1.82) is 0 Å². The molecule has 0 fully saturated rings. The Morgan fingerprint density at radius 3 is 2.70 bits per heavy atom. The van der Waals surface area contributed by atoms with Gasteiger partial charge in [-0.15, -0.1) is 0 Å². The van der Waals surface area contributed by atoms with Crippen LogP contribution in [-0.2, 0) is 13.0 Å². The van der Waals surface area contributed by atoms with E-state index in [-0.39, 0.29) is 11.6 Å².